The number of benzene rings is 1. The minimum absolute atomic E-state index is 0.106. The lowest BCUT2D eigenvalue weighted by atomic mass is 10.0. The highest BCUT2D eigenvalue weighted by atomic mass is 32.1. The van der Waals surface area contributed by atoms with E-state index in [-0.39, 0.29) is 36.7 Å². The van der Waals surface area contributed by atoms with E-state index in [9.17, 15) is 14.4 Å². The Kier molecular flexibility index (Phi) is 10.3. The van der Waals surface area contributed by atoms with Gasteiger partial charge >= 0.3 is 0 Å². The molecular weight excluding hydrogens is 502 g/mol. The van der Waals surface area contributed by atoms with E-state index in [1.807, 2.05) is 43.6 Å². The third-order valence-electron chi connectivity index (χ3n) is 7.27. The standard InChI is InChI=1S/C28H39N5O4S/c1-20(22-7-9-23(10-8-22)27-21(2)30-19-38-27)31-28(36)24-6-3-15-33(24)26(35)18-29-25(34)11-17-37-16-5-14-32-12-4-13-32/h7-10,19-20,24H,3-6,11-18H2,1-2H3,(H,29,34)(H,31,36)/t20-,24-/m0/s1. The van der Waals surface area contributed by atoms with Gasteiger partial charge in [-0.2, -0.15) is 0 Å². The predicted octanol–water partition coefficient (Wildman–Crippen LogP) is 2.91. The first-order chi connectivity index (χ1) is 18.4. The van der Waals surface area contributed by atoms with E-state index in [1.165, 1.54) is 19.5 Å². The highest BCUT2D eigenvalue weighted by Crippen LogP contribution is 2.28. The molecule has 0 radical (unpaired) electrons. The van der Waals surface area contributed by atoms with Crippen LogP contribution in [0.2, 0.25) is 0 Å². The molecule has 2 aromatic rings. The summed E-state index contributed by atoms with van der Waals surface area (Å²) in [5, 5.41) is 5.74. The van der Waals surface area contributed by atoms with Crippen LogP contribution in [-0.4, -0.2) is 84.5 Å². The second-order valence-corrected chi connectivity index (χ2v) is 10.9. The Morgan fingerprint density at radius 2 is 1.92 bits per heavy atom. The number of carbonyl (C=O) groups excluding carboxylic acids is 3. The van der Waals surface area contributed by atoms with Gasteiger partial charge in [0.15, 0.2) is 0 Å². The molecule has 2 N–H and O–H groups in total. The van der Waals surface area contributed by atoms with E-state index in [1.54, 1.807) is 16.2 Å². The zero-order valence-electron chi connectivity index (χ0n) is 22.4. The molecule has 4 rings (SSSR count). The third-order valence-corrected chi connectivity index (χ3v) is 8.25. The van der Waals surface area contributed by atoms with Crippen LogP contribution < -0.4 is 10.6 Å². The maximum Gasteiger partial charge on any atom is 0.243 e. The first kappa shape index (κ1) is 28.2. The van der Waals surface area contributed by atoms with Crippen LogP contribution in [0.25, 0.3) is 10.4 Å². The van der Waals surface area contributed by atoms with E-state index in [0.717, 1.165) is 41.1 Å². The Labute approximate surface area is 228 Å². The van der Waals surface area contributed by atoms with Crippen molar-refractivity contribution in [2.75, 3.05) is 45.9 Å². The van der Waals surface area contributed by atoms with Gasteiger partial charge in [-0.3, -0.25) is 14.4 Å². The Morgan fingerprint density at radius 3 is 2.61 bits per heavy atom. The van der Waals surface area contributed by atoms with Crippen LogP contribution in [0.3, 0.4) is 0 Å². The summed E-state index contributed by atoms with van der Waals surface area (Å²) in [6.07, 6.45) is 3.85. The van der Waals surface area contributed by atoms with Gasteiger partial charge in [0.25, 0.3) is 0 Å². The zero-order valence-corrected chi connectivity index (χ0v) is 23.2. The van der Waals surface area contributed by atoms with Crippen molar-refractivity contribution in [2.24, 2.45) is 0 Å². The van der Waals surface area contributed by atoms with Crippen LogP contribution in [0.15, 0.2) is 29.8 Å². The Balaban J connectivity index is 1.17. The van der Waals surface area contributed by atoms with Crippen molar-refractivity contribution in [3.05, 3.63) is 41.0 Å². The third kappa shape index (κ3) is 7.61. The molecule has 9 nitrogen and oxygen atoms in total. The lowest BCUT2D eigenvalue weighted by Crippen LogP contribution is -2.49. The summed E-state index contributed by atoms with van der Waals surface area (Å²) in [6, 6.07) is 7.42. The van der Waals surface area contributed by atoms with Crippen LogP contribution >= 0.6 is 11.3 Å². The zero-order chi connectivity index (χ0) is 26.9. The van der Waals surface area contributed by atoms with Crippen molar-refractivity contribution >= 4 is 29.1 Å². The number of ether oxygens (including phenoxy) is 1. The second-order valence-electron chi connectivity index (χ2n) is 10.1. The Hall–Kier alpha value is -2.82. The summed E-state index contributed by atoms with van der Waals surface area (Å²) in [4.78, 5) is 47.4. The van der Waals surface area contributed by atoms with E-state index >= 15 is 0 Å². The molecule has 38 heavy (non-hydrogen) atoms. The minimum atomic E-state index is -0.518. The summed E-state index contributed by atoms with van der Waals surface area (Å²) < 4.78 is 5.54. The number of hydrogen-bond acceptors (Lipinski definition) is 7. The van der Waals surface area contributed by atoms with Gasteiger partial charge in [0, 0.05) is 26.1 Å². The first-order valence-electron chi connectivity index (χ1n) is 13.6. The van der Waals surface area contributed by atoms with Crippen LogP contribution in [-0.2, 0) is 19.1 Å². The van der Waals surface area contributed by atoms with Crippen LogP contribution in [0.4, 0.5) is 0 Å². The molecule has 10 heteroatoms. The van der Waals surface area contributed by atoms with Crippen molar-refractivity contribution in [1.29, 1.82) is 0 Å². The van der Waals surface area contributed by atoms with Crippen molar-refractivity contribution in [3.63, 3.8) is 0 Å². The lowest BCUT2D eigenvalue weighted by molar-refractivity contribution is -0.139. The van der Waals surface area contributed by atoms with Gasteiger partial charge in [-0.25, -0.2) is 4.98 Å². The van der Waals surface area contributed by atoms with Gasteiger partial charge < -0.3 is 25.2 Å². The number of aryl methyl sites for hydroxylation is 1. The van der Waals surface area contributed by atoms with E-state index in [2.05, 4.69) is 20.5 Å². The van der Waals surface area contributed by atoms with Crippen molar-refractivity contribution < 1.29 is 19.1 Å². The van der Waals surface area contributed by atoms with Gasteiger partial charge in [0.2, 0.25) is 17.7 Å². The number of amides is 3. The quantitative estimate of drug-likeness (QED) is 0.378. The molecule has 2 fully saturated rings. The average molecular weight is 542 g/mol. The highest BCUT2D eigenvalue weighted by Gasteiger charge is 2.34. The Bertz CT molecular complexity index is 1090. The lowest BCUT2D eigenvalue weighted by Gasteiger charge is -2.30. The molecule has 0 spiro atoms. The van der Waals surface area contributed by atoms with Crippen molar-refractivity contribution in [3.8, 4) is 10.4 Å². The number of nitrogens with one attached hydrogen (secondary N) is 2. The molecule has 3 amide bonds. The smallest absolute Gasteiger partial charge is 0.243 e. The molecule has 0 aliphatic carbocycles. The molecule has 2 aliphatic rings. The molecule has 0 unspecified atom stereocenters. The summed E-state index contributed by atoms with van der Waals surface area (Å²) in [5.41, 5.74) is 4.95. The average Bonchev–Trinajstić information content (AvgIpc) is 3.55. The second kappa shape index (κ2) is 13.8. The minimum Gasteiger partial charge on any atom is -0.381 e. The summed E-state index contributed by atoms with van der Waals surface area (Å²) in [7, 11) is 0. The van der Waals surface area contributed by atoms with E-state index < -0.39 is 6.04 Å². The molecule has 2 atom stereocenters. The number of thiazole rings is 1. The van der Waals surface area contributed by atoms with Gasteiger partial charge in [0.1, 0.15) is 6.04 Å². The predicted molar refractivity (Wildman–Crippen MR) is 148 cm³/mol. The van der Waals surface area contributed by atoms with E-state index in [0.29, 0.717) is 26.2 Å². The first-order valence-corrected chi connectivity index (χ1v) is 14.5. The molecule has 0 bridgehead atoms. The molecule has 3 heterocycles. The topological polar surface area (TPSA) is 104 Å². The number of hydrogen-bond donors (Lipinski definition) is 2. The van der Waals surface area contributed by atoms with Crippen LogP contribution in [0, 0.1) is 6.92 Å². The van der Waals surface area contributed by atoms with Crippen LogP contribution in [0.1, 0.15) is 56.3 Å². The van der Waals surface area contributed by atoms with Gasteiger partial charge in [-0.1, -0.05) is 24.3 Å². The van der Waals surface area contributed by atoms with Gasteiger partial charge in [-0.05, 0) is 63.7 Å². The monoisotopic (exact) mass is 541 g/mol. The number of aromatic nitrogens is 1. The molecule has 2 saturated heterocycles. The van der Waals surface area contributed by atoms with Gasteiger partial charge in [0.05, 0.1) is 35.3 Å². The Morgan fingerprint density at radius 1 is 1.13 bits per heavy atom. The number of likely N-dealkylation sites (tertiary alicyclic amines) is 2. The fourth-order valence-electron chi connectivity index (χ4n) is 4.86. The summed E-state index contributed by atoms with van der Waals surface area (Å²) in [5.74, 6) is -0.612. The number of rotatable bonds is 13. The SMILES string of the molecule is Cc1ncsc1-c1ccc([C@H](C)NC(=O)[C@@H]2CCCN2C(=O)CNC(=O)CCOCCCN2CCC2)cc1. The van der Waals surface area contributed by atoms with Crippen molar-refractivity contribution in [1.82, 2.24) is 25.4 Å². The maximum absolute atomic E-state index is 13.1. The molecule has 1 aromatic carbocycles. The van der Waals surface area contributed by atoms with Gasteiger partial charge in [-0.15, -0.1) is 11.3 Å². The van der Waals surface area contributed by atoms with Crippen molar-refractivity contribution in [2.45, 2.75) is 58.0 Å². The largest absolute Gasteiger partial charge is 0.381 e. The molecule has 206 valence electrons. The number of nitrogens with zero attached hydrogens (tertiary/aromatic N) is 3. The molecule has 2 aliphatic heterocycles. The summed E-state index contributed by atoms with van der Waals surface area (Å²) >= 11 is 1.61. The molecular formula is C28H39N5O4S. The maximum atomic E-state index is 13.1. The fraction of sp³-hybridized carbons (Fsp3) is 0.571. The summed E-state index contributed by atoms with van der Waals surface area (Å²) in [6.45, 7) is 8.74. The van der Waals surface area contributed by atoms with Crippen LogP contribution in [0.5, 0.6) is 0 Å². The highest BCUT2D eigenvalue weighted by molar-refractivity contribution is 7.13. The normalized spacial score (nSPS) is 18.2. The number of carbonyl (C=O) groups is 3. The van der Waals surface area contributed by atoms with E-state index in [4.69, 9.17) is 4.74 Å². The fourth-order valence-corrected chi connectivity index (χ4v) is 5.67. The molecule has 0 saturated carbocycles. The molecule has 1 aromatic heterocycles.